The Morgan fingerprint density at radius 3 is 2.69 bits per heavy atom. The number of anilines is 1. The number of urea groups is 1. The predicted octanol–water partition coefficient (Wildman–Crippen LogP) is 0.478. The van der Waals surface area contributed by atoms with E-state index in [9.17, 15) is 23.3 Å². The molecule has 1 aliphatic carbocycles. The normalized spacial score (nSPS) is 12.4. The second kappa shape index (κ2) is 10.7. The Labute approximate surface area is 227 Å². The van der Waals surface area contributed by atoms with E-state index in [-0.39, 0.29) is 53.2 Å². The van der Waals surface area contributed by atoms with Crippen molar-refractivity contribution in [2.75, 3.05) is 5.32 Å². The van der Waals surface area contributed by atoms with Gasteiger partial charge >= 0.3 is 35.6 Å². The van der Waals surface area contributed by atoms with Crippen molar-refractivity contribution in [1.82, 2.24) is 14.3 Å². The van der Waals surface area contributed by atoms with Crippen LogP contribution >= 0.6 is 0 Å². The van der Waals surface area contributed by atoms with Crippen molar-refractivity contribution in [1.29, 1.82) is 5.26 Å². The first-order valence-corrected chi connectivity index (χ1v) is 12.2. The van der Waals surface area contributed by atoms with Gasteiger partial charge < -0.3 is 11.3 Å². The van der Waals surface area contributed by atoms with E-state index in [0.717, 1.165) is 36.5 Å². The number of sulfonamides is 1. The summed E-state index contributed by atoms with van der Waals surface area (Å²) in [6, 6.07) is 10.3. The van der Waals surface area contributed by atoms with Crippen LogP contribution in [0.3, 0.4) is 0 Å². The van der Waals surface area contributed by atoms with E-state index >= 15 is 0 Å². The number of nitrogens with zero attached hydrogens (tertiary/aromatic N) is 3. The van der Waals surface area contributed by atoms with Crippen molar-refractivity contribution in [3.8, 4) is 17.2 Å². The molecule has 0 fully saturated rings. The number of nitrogens with one attached hydrogen (secondary N) is 2. The molecule has 2 amide bonds. The third-order valence-corrected chi connectivity index (χ3v) is 7.03. The van der Waals surface area contributed by atoms with Gasteiger partial charge in [-0.2, -0.15) is 5.26 Å². The molecule has 11 heteroatoms. The summed E-state index contributed by atoms with van der Waals surface area (Å²) < 4.78 is 29.0. The Hall–Kier alpha value is -2.97. The van der Waals surface area contributed by atoms with Gasteiger partial charge in [-0.05, 0) is 68.0 Å². The Morgan fingerprint density at radius 2 is 1.97 bits per heavy atom. The van der Waals surface area contributed by atoms with Crippen molar-refractivity contribution in [2.45, 2.75) is 44.0 Å². The molecule has 0 spiro atoms. The summed E-state index contributed by atoms with van der Waals surface area (Å²) in [5.74, 6) is 0. The molecule has 0 unspecified atom stereocenters. The predicted molar refractivity (Wildman–Crippen MR) is 128 cm³/mol. The van der Waals surface area contributed by atoms with Gasteiger partial charge in [0.05, 0.1) is 5.69 Å². The molecule has 0 saturated heterocycles. The molecule has 0 aliphatic heterocycles. The molecule has 0 radical (unpaired) electrons. The second-order valence-corrected chi connectivity index (χ2v) is 9.97. The maximum Gasteiger partial charge on any atom is 1.00 e. The topological polar surface area (TPSA) is 134 Å². The van der Waals surface area contributed by atoms with Crippen molar-refractivity contribution in [3.63, 3.8) is 0 Å². The number of rotatable bonds is 5. The van der Waals surface area contributed by atoms with Gasteiger partial charge in [-0.25, -0.2) is 22.9 Å². The third-order valence-electron chi connectivity index (χ3n) is 5.71. The minimum atomic E-state index is -4.23. The van der Waals surface area contributed by atoms with Crippen molar-refractivity contribution >= 4 is 21.7 Å². The van der Waals surface area contributed by atoms with Crippen LogP contribution in [0.2, 0.25) is 0 Å². The number of hydrogen-bond donors (Lipinski definition) is 2. The summed E-state index contributed by atoms with van der Waals surface area (Å²) in [5.41, 5.74) is 3.77. The Bertz CT molecular complexity index is 1500. The molecule has 1 aliphatic rings. The number of carbonyl (C=O) groups excluding carboxylic acids is 1. The molecule has 176 valence electrons. The van der Waals surface area contributed by atoms with E-state index in [2.05, 4.69) is 10.3 Å². The summed E-state index contributed by atoms with van der Waals surface area (Å²) in [5, 5.41) is 11.9. The van der Waals surface area contributed by atoms with Crippen LogP contribution in [0.1, 0.15) is 44.6 Å². The van der Waals surface area contributed by atoms with Crippen LogP contribution in [0.15, 0.2) is 58.5 Å². The third kappa shape index (κ3) is 5.65. The van der Waals surface area contributed by atoms with Crippen molar-refractivity contribution in [2.24, 2.45) is 0 Å². The minimum Gasteiger partial charge on any atom is -1.00 e. The number of carbonyl (C=O) groups is 1. The van der Waals surface area contributed by atoms with E-state index in [4.69, 9.17) is 0 Å². The fourth-order valence-electron chi connectivity index (χ4n) is 4.07. The monoisotopic (exact) mass is 501 g/mol. The zero-order valence-electron chi connectivity index (χ0n) is 20.7. The summed E-state index contributed by atoms with van der Waals surface area (Å²) >= 11 is 0. The molecule has 2 N–H and O–H groups in total. The molecule has 1 aromatic carbocycles. The molecule has 0 atom stereocenters. The van der Waals surface area contributed by atoms with E-state index in [1.165, 1.54) is 23.0 Å². The number of benzene rings is 1. The molecule has 0 saturated carbocycles. The average Bonchev–Trinajstić information content (AvgIpc) is 3.28. The van der Waals surface area contributed by atoms with Gasteiger partial charge in [0.1, 0.15) is 16.7 Å². The summed E-state index contributed by atoms with van der Waals surface area (Å²) in [6.45, 7) is 3.51. The number of amides is 2. The van der Waals surface area contributed by atoms with Gasteiger partial charge in [-0.15, -0.1) is 0 Å². The van der Waals surface area contributed by atoms with Crippen LogP contribution in [0.5, 0.6) is 0 Å². The van der Waals surface area contributed by atoms with Gasteiger partial charge in [0.2, 0.25) is 0 Å². The standard InChI is InChI=1S/C24H23N5O4S.Na.H/c1-15(2)29-14-19(7-9-22(29)30)34(32,33)28-24(31)27-23-20-5-3-4-16(20)6-8-21(23)17-10-11-26-18(12-17)13-25;;/h6-12,14-15H,3-5H2,1-2H3,(H2,27,28,31);;/q;+1;-1. The van der Waals surface area contributed by atoms with Gasteiger partial charge in [0, 0.05) is 30.1 Å². The largest absolute Gasteiger partial charge is 1.00 e. The van der Waals surface area contributed by atoms with Crippen LogP contribution in [0, 0.1) is 11.3 Å². The quantitative estimate of drug-likeness (QED) is 0.489. The number of hydrogen-bond acceptors (Lipinski definition) is 6. The van der Waals surface area contributed by atoms with Crippen molar-refractivity contribution < 1.29 is 44.2 Å². The zero-order valence-corrected chi connectivity index (χ0v) is 22.5. The van der Waals surface area contributed by atoms with Crippen LogP contribution in [0.4, 0.5) is 10.5 Å². The summed E-state index contributed by atoms with van der Waals surface area (Å²) in [4.78, 5) is 28.6. The Balaban J connectivity index is 0.00000228. The zero-order chi connectivity index (χ0) is 24.5. The van der Waals surface area contributed by atoms with Crippen LogP contribution in [-0.2, 0) is 22.9 Å². The molecule has 2 heterocycles. The minimum absolute atomic E-state index is 0. The molecule has 35 heavy (non-hydrogen) atoms. The maximum atomic E-state index is 12.9. The maximum absolute atomic E-state index is 12.9. The van der Waals surface area contributed by atoms with Crippen LogP contribution in [-0.4, -0.2) is 24.0 Å². The summed E-state index contributed by atoms with van der Waals surface area (Å²) in [7, 11) is -4.23. The van der Waals surface area contributed by atoms with Crippen LogP contribution < -0.4 is 45.2 Å². The number of fused-ring (bicyclic) bond motifs is 1. The Kier molecular flexibility index (Phi) is 8.18. The molecule has 3 aromatic rings. The fourth-order valence-corrected chi connectivity index (χ4v) is 4.99. The van der Waals surface area contributed by atoms with Gasteiger partial charge in [0.15, 0.2) is 0 Å². The number of aryl methyl sites for hydroxylation is 1. The van der Waals surface area contributed by atoms with Gasteiger partial charge in [-0.1, -0.05) is 12.1 Å². The van der Waals surface area contributed by atoms with E-state index in [1.54, 1.807) is 26.0 Å². The number of pyridine rings is 2. The molecular formula is C24H24N5NaO4S. The SMILES string of the molecule is CC(C)n1cc(S(=O)(=O)NC(=O)Nc2c(-c3ccnc(C#N)c3)ccc3c2CCC3)ccc1=O.[H-].[Na+]. The summed E-state index contributed by atoms with van der Waals surface area (Å²) in [6.07, 6.45) is 5.25. The first-order chi connectivity index (χ1) is 16.2. The van der Waals surface area contributed by atoms with E-state index < -0.39 is 16.1 Å². The average molecular weight is 502 g/mol. The second-order valence-electron chi connectivity index (χ2n) is 8.28. The molecule has 4 rings (SSSR count). The molecule has 2 aromatic heterocycles. The van der Waals surface area contributed by atoms with E-state index in [1.807, 2.05) is 22.9 Å². The first kappa shape index (κ1) is 26.6. The van der Waals surface area contributed by atoms with Crippen LogP contribution in [0.25, 0.3) is 11.1 Å². The first-order valence-electron chi connectivity index (χ1n) is 10.8. The van der Waals surface area contributed by atoms with Gasteiger partial charge in [-0.3, -0.25) is 4.79 Å². The molecular weight excluding hydrogens is 477 g/mol. The molecule has 9 nitrogen and oxygen atoms in total. The van der Waals surface area contributed by atoms with Crippen molar-refractivity contribution in [3.05, 3.63) is 76.0 Å². The molecule has 0 bridgehead atoms. The van der Waals surface area contributed by atoms with Gasteiger partial charge in [0.25, 0.3) is 15.6 Å². The number of aromatic nitrogens is 2. The fraction of sp³-hybridized carbons (Fsp3) is 0.250. The Morgan fingerprint density at radius 1 is 1.20 bits per heavy atom. The number of nitriles is 1. The van der Waals surface area contributed by atoms with E-state index in [0.29, 0.717) is 16.8 Å². The smallest absolute Gasteiger partial charge is 1.00 e.